The Hall–Kier alpha value is -0.660. The highest BCUT2D eigenvalue weighted by atomic mass is 32.2. The monoisotopic (exact) mass is 265 g/mol. The molecule has 0 aromatic rings. The van der Waals surface area contributed by atoms with Gasteiger partial charge in [0.2, 0.25) is 10.0 Å². The van der Waals surface area contributed by atoms with Crippen molar-refractivity contribution in [3.63, 3.8) is 0 Å². The van der Waals surface area contributed by atoms with Crippen LogP contribution in [0.4, 0.5) is 0 Å². The molecule has 0 radical (unpaired) electrons. The van der Waals surface area contributed by atoms with Crippen molar-refractivity contribution < 1.29 is 23.1 Å². The molecule has 0 aromatic carbocycles. The first kappa shape index (κ1) is 14.4. The maximum absolute atomic E-state index is 12.1. The molecule has 1 rings (SSSR count). The molecule has 1 aliphatic heterocycles. The highest BCUT2D eigenvalue weighted by Crippen LogP contribution is 2.22. The van der Waals surface area contributed by atoms with E-state index in [-0.39, 0.29) is 11.9 Å². The Morgan fingerprint density at radius 1 is 1.59 bits per heavy atom. The fourth-order valence-corrected chi connectivity index (χ4v) is 4.03. The summed E-state index contributed by atoms with van der Waals surface area (Å²) in [5.41, 5.74) is 0. The third-order valence-electron chi connectivity index (χ3n) is 3.03. The lowest BCUT2D eigenvalue weighted by atomic mass is 10.2. The Morgan fingerprint density at radius 3 is 2.71 bits per heavy atom. The molecule has 100 valence electrons. The van der Waals surface area contributed by atoms with E-state index >= 15 is 0 Å². The molecule has 0 saturated carbocycles. The van der Waals surface area contributed by atoms with Gasteiger partial charge in [0.25, 0.3) is 0 Å². The van der Waals surface area contributed by atoms with Crippen molar-refractivity contribution in [2.45, 2.75) is 38.3 Å². The summed E-state index contributed by atoms with van der Waals surface area (Å²) in [4.78, 5) is 10.9. The van der Waals surface area contributed by atoms with Gasteiger partial charge in [-0.3, -0.25) is 4.79 Å². The minimum absolute atomic E-state index is 0.149. The van der Waals surface area contributed by atoms with Crippen LogP contribution in [0.25, 0.3) is 0 Å². The molecular weight excluding hydrogens is 246 g/mol. The maximum Gasteiger partial charge on any atom is 0.322 e. The summed E-state index contributed by atoms with van der Waals surface area (Å²) in [5.74, 6) is -1.22. The number of rotatable bonds is 6. The van der Waals surface area contributed by atoms with Gasteiger partial charge in [-0.15, -0.1) is 0 Å². The van der Waals surface area contributed by atoms with E-state index in [1.54, 1.807) is 0 Å². The number of methoxy groups -OCH3 is 1. The molecule has 1 fully saturated rings. The summed E-state index contributed by atoms with van der Waals surface area (Å²) in [6, 6.07) is -0.908. The van der Waals surface area contributed by atoms with Crippen molar-refractivity contribution >= 4 is 16.0 Å². The van der Waals surface area contributed by atoms with Gasteiger partial charge in [0.05, 0.1) is 11.9 Å². The van der Waals surface area contributed by atoms with E-state index in [1.807, 2.05) is 6.92 Å². The van der Waals surface area contributed by atoms with Gasteiger partial charge in [-0.1, -0.05) is 6.92 Å². The summed E-state index contributed by atoms with van der Waals surface area (Å²) in [7, 11) is -2.09. The molecule has 6 nitrogen and oxygen atoms in total. The van der Waals surface area contributed by atoms with Crippen molar-refractivity contribution in [3.05, 3.63) is 0 Å². The van der Waals surface area contributed by atoms with E-state index in [0.717, 1.165) is 4.31 Å². The Morgan fingerprint density at radius 2 is 2.24 bits per heavy atom. The number of sulfonamides is 1. The molecule has 7 heteroatoms. The van der Waals surface area contributed by atoms with E-state index in [9.17, 15) is 13.2 Å². The van der Waals surface area contributed by atoms with Crippen LogP contribution in [-0.4, -0.2) is 55.4 Å². The van der Waals surface area contributed by atoms with Crippen molar-refractivity contribution in [3.8, 4) is 0 Å². The number of hydrogen-bond donors (Lipinski definition) is 1. The van der Waals surface area contributed by atoms with Crippen LogP contribution >= 0.6 is 0 Å². The SMILES string of the molecule is CCC(CS(=O)(=O)N1CCC[C@H]1C(=O)O)OC. The second-order valence-electron chi connectivity index (χ2n) is 4.15. The van der Waals surface area contributed by atoms with Crippen LogP contribution < -0.4 is 0 Å². The molecule has 1 unspecified atom stereocenters. The predicted molar refractivity (Wildman–Crippen MR) is 62.2 cm³/mol. The second-order valence-corrected chi connectivity index (χ2v) is 6.12. The summed E-state index contributed by atoms with van der Waals surface area (Å²) in [6.45, 7) is 2.13. The zero-order chi connectivity index (χ0) is 13.1. The topological polar surface area (TPSA) is 83.9 Å². The highest BCUT2D eigenvalue weighted by molar-refractivity contribution is 7.89. The quantitative estimate of drug-likeness (QED) is 0.746. The second kappa shape index (κ2) is 5.79. The van der Waals surface area contributed by atoms with Crippen molar-refractivity contribution in [1.82, 2.24) is 4.31 Å². The van der Waals surface area contributed by atoms with E-state index in [2.05, 4.69) is 0 Å². The van der Waals surface area contributed by atoms with Gasteiger partial charge in [-0.25, -0.2) is 8.42 Å². The fourth-order valence-electron chi connectivity index (χ4n) is 2.00. The molecule has 0 aliphatic carbocycles. The third-order valence-corrected chi connectivity index (χ3v) is 4.98. The Kier molecular flexibility index (Phi) is 4.91. The van der Waals surface area contributed by atoms with Gasteiger partial charge in [0, 0.05) is 13.7 Å². The average Bonchev–Trinajstić information content (AvgIpc) is 2.75. The van der Waals surface area contributed by atoms with Gasteiger partial charge < -0.3 is 9.84 Å². The molecule has 0 aromatic heterocycles. The Bertz CT molecular complexity index is 363. The largest absolute Gasteiger partial charge is 0.480 e. The smallest absolute Gasteiger partial charge is 0.322 e. The number of carboxylic acids is 1. The van der Waals surface area contributed by atoms with Crippen molar-refractivity contribution in [1.29, 1.82) is 0 Å². The summed E-state index contributed by atoms with van der Waals surface area (Å²) in [6.07, 6.45) is 1.19. The molecule has 0 amide bonds. The number of nitrogens with zero attached hydrogens (tertiary/aromatic N) is 1. The van der Waals surface area contributed by atoms with E-state index in [0.29, 0.717) is 25.8 Å². The van der Waals surface area contributed by atoms with Crippen LogP contribution in [0.5, 0.6) is 0 Å². The summed E-state index contributed by atoms with van der Waals surface area (Å²) >= 11 is 0. The highest BCUT2D eigenvalue weighted by Gasteiger charge is 2.39. The number of ether oxygens (including phenoxy) is 1. The van der Waals surface area contributed by atoms with E-state index < -0.39 is 22.0 Å². The number of carboxylic acid groups (broad SMARTS) is 1. The van der Waals surface area contributed by atoms with Gasteiger partial charge in [-0.05, 0) is 19.3 Å². The van der Waals surface area contributed by atoms with Crippen LogP contribution in [-0.2, 0) is 19.6 Å². The lowest BCUT2D eigenvalue weighted by Crippen LogP contribution is -2.43. The summed E-state index contributed by atoms with van der Waals surface area (Å²) in [5, 5.41) is 8.96. The van der Waals surface area contributed by atoms with Crippen LogP contribution in [0.1, 0.15) is 26.2 Å². The molecule has 0 spiro atoms. The van der Waals surface area contributed by atoms with Crippen LogP contribution in [0.2, 0.25) is 0 Å². The van der Waals surface area contributed by atoms with Crippen molar-refractivity contribution in [2.24, 2.45) is 0 Å². The first-order valence-corrected chi connectivity index (χ1v) is 7.28. The lowest BCUT2D eigenvalue weighted by molar-refractivity contribution is -0.140. The zero-order valence-corrected chi connectivity index (χ0v) is 10.9. The summed E-state index contributed by atoms with van der Waals surface area (Å²) < 4.78 is 30.2. The molecule has 17 heavy (non-hydrogen) atoms. The van der Waals surface area contributed by atoms with Gasteiger partial charge in [0.1, 0.15) is 6.04 Å². The minimum atomic E-state index is -3.55. The maximum atomic E-state index is 12.1. The average molecular weight is 265 g/mol. The normalized spacial score (nSPS) is 23.8. The van der Waals surface area contributed by atoms with Gasteiger partial charge in [-0.2, -0.15) is 4.31 Å². The molecule has 1 saturated heterocycles. The van der Waals surface area contributed by atoms with Gasteiger partial charge >= 0.3 is 5.97 Å². The van der Waals surface area contributed by atoms with Crippen LogP contribution in [0.15, 0.2) is 0 Å². The zero-order valence-electron chi connectivity index (χ0n) is 10.1. The number of hydrogen-bond acceptors (Lipinski definition) is 4. The Balaban J connectivity index is 2.79. The minimum Gasteiger partial charge on any atom is -0.480 e. The molecule has 1 heterocycles. The standard InChI is InChI=1S/C10H19NO5S/c1-3-8(16-2)7-17(14,15)11-6-4-5-9(11)10(12)13/h8-9H,3-7H2,1-2H3,(H,12,13)/t8?,9-/m0/s1. The molecule has 0 bridgehead atoms. The molecule has 1 aliphatic rings. The third kappa shape index (κ3) is 3.40. The van der Waals surface area contributed by atoms with E-state index in [4.69, 9.17) is 9.84 Å². The number of aliphatic carboxylic acids is 1. The molecule has 2 atom stereocenters. The first-order valence-electron chi connectivity index (χ1n) is 5.67. The molecule has 1 N–H and O–H groups in total. The fraction of sp³-hybridized carbons (Fsp3) is 0.900. The molecular formula is C10H19NO5S. The lowest BCUT2D eigenvalue weighted by Gasteiger charge is -2.23. The van der Waals surface area contributed by atoms with Crippen LogP contribution in [0.3, 0.4) is 0 Å². The van der Waals surface area contributed by atoms with Gasteiger partial charge in [0.15, 0.2) is 0 Å². The number of carbonyl (C=O) groups is 1. The van der Waals surface area contributed by atoms with Crippen molar-refractivity contribution in [2.75, 3.05) is 19.4 Å². The predicted octanol–water partition coefficient (Wildman–Crippen LogP) is 0.290. The van der Waals surface area contributed by atoms with Crippen LogP contribution in [0, 0.1) is 0 Å². The first-order chi connectivity index (χ1) is 7.92. The van der Waals surface area contributed by atoms with E-state index in [1.165, 1.54) is 7.11 Å². The Labute approximate surface area is 102 Å².